The molecule has 1 aliphatic rings. The molecular weight excluding hydrogens is 448 g/mol. The number of anilines is 2. The van der Waals surface area contributed by atoms with Gasteiger partial charge in [-0.05, 0) is 19.1 Å². The first-order chi connectivity index (χ1) is 16.1. The second kappa shape index (κ2) is 8.88. The summed E-state index contributed by atoms with van der Waals surface area (Å²) in [7, 11) is 2.96. The number of nitrogens with zero attached hydrogens (tertiary/aromatic N) is 4. The number of carbonyl (C=O) groups is 1. The lowest BCUT2D eigenvalue weighted by molar-refractivity contribution is -0.0223. The van der Waals surface area contributed by atoms with Gasteiger partial charge in [0.25, 0.3) is 11.5 Å². The fourth-order valence-corrected chi connectivity index (χ4v) is 4.08. The highest BCUT2D eigenvalue weighted by Crippen LogP contribution is 2.32. The van der Waals surface area contributed by atoms with Crippen molar-refractivity contribution in [2.45, 2.75) is 31.7 Å². The van der Waals surface area contributed by atoms with Crippen LogP contribution in [-0.4, -0.2) is 51.7 Å². The zero-order valence-corrected chi connectivity index (χ0v) is 19.0. The normalized spacial score (nSPS) is 16.3. The van der Waals surface area contributed by atoms with Gasteiger partial charge in [0.1, 0.15) is 5.52 Å². The van der Waals surface area contributed by atoms with Crippen LogP contribution < -0.4 is 20.5 Å². The molecule has 2 N–H and O–H groups in total. The summed E-state index contributed by atoms with van der Waals surface area (Å²) >= 11 is 0. The van der Waals surface area contributed by atoms with Crippen molar-refractivity contribution >= 4 is 28.6 Å². The quantitative estimate of drug-likeness (QED) is 0.560. The molecule has 3 heterocycles. The van der Waals surface area contributed by atoms with Crippen LogP contribution in [0, 0.1) is 0 Å². The van der Waals surface area contributed by atoms with Gasteiger partial charge in [0.05, 0.1) is 18.7 Å². The van der Waals surface area contributed by atoms with E-state index in [4.69, 9.17) is 4.74 Å². The number of methoxy groups -OCH3 is 1. The van der Waals surface area contributed by atoms with Crippen LogP contribution in [0.3, 0.4) is 0 Å². The highest BCUT2D eigenvalue weighted by molar-refractivity contribution is 5.94. The van der Waals surface area contributed by atoms with Gasteiger partial charge in [-0.25, -0.2) is 23.5 Å². The van der Waals surface area contributed by atoms with E-state index < -0.39 is 23.5 Å². The van der Waals surface area contributed by atoms with Crippen molar-refractivity contribution in [3.05, 3.63) is 51.8 Å². The molecule has 3 aromatic rings. The van der Waals surface area contributed by atoms with E-state index in [2.05, 4.69) is 15.3 Å². The summed E-state index contributed by atoms with van der Waals surface area (Å²) in [4.78, 5) is 35.4. The number of pyridine rings is 1. The molecule has 1 aromatic carbocycles. The third kappa shape index (κ3) is 4.37. The van der Waals surface area contributed by atoms with Crippen LogP contribution in [0.4, 0.5) is 20.4 Å². The molecule has 0 spiro atoms. The Balaban J connectivity index is 1.82. The number of hydrogen-bond acceptors (Lipinski definition) is 7. The van der Waals surface area contributed by atoms with Gasteiger partial charge in [0.2, 0.25) is 11.8 Å². The van der Waals surface area contributed by atoms with Crippen LogP contribution in [0.1, 0.15) is 41.7 Å². The summed E-state index contributed by atoms with van der Waals surface area (Å²) in [6, 6.07) is 7.62. The molecule has 11 heteroatoms. The van der Waals surface area contributed by atoms with Gasteiger partial charge >= 0.3 is 5.97 Å². The van der Waals surface area contributed by atoms with Crippen molar-refractivity contribution < 1.29 is 23.4 Å². The van der Waals surface area contributed by atoms with Crippen LogP contribution in [0.5, 0.6) is 5.88 Å². The van der Waals surface area contributed by atoms with E-state index in [1.165, 1.54) is 24.8 Å². The van der Waals surface area contributed by atoms with Crippen LogP contribution >= 0.6 is 0 Å². The predicted molar refractivity (Wildman–Crippen MR) is 123 cm³/mol. The third-order valence-corrected chi connectivity index (χ3v) is 6.00. The maximum Gasteiger partial charge on any atom is 0.337 e. The van der Waals surface area contributed by atoms with Gasteiger partial charge in [-0.3, -0.25) is 9.36 Å². The lowest BCUT2D eigenvalue weighted by atomic mass is 10.1. The Hall–Kier alpha value is -3.76. The van der Waals surface area contributed by atoms with E-state index in [-0.39, 0.29) is 48.8 Å². The molecule has 2 aromatic heterocycles. The molecule has 1 unspecified atom stereocenters. The number of rotatable bonds is 6. The number of halogens is 2. The first kappa shape index (κ1) is 23.4. The largest absolute Gasteiger partial charge is 0.481 e. The SMILES string of the molecule is COc1cc(C(C)Nc2ccccc2C(=O)O)c2nc(N3CCC(F)(F)CC3)n(C)c(=O)c2n1. The summed E-state index contributed by atoms with van der Waals surface area (Å²) in [5.41, 5.74) is 0.985. The van der Waals surface area contributed by atoms with E-state index in [1.54, 1.807) is 36.1 Å². The second-order valence-corrected chi connectivity index (χ2v) is 8.29. The third-order valence-electron chi connectivity index (χ3n) is 6.00. The fourth-order valence-electron chi connectivity index (χ4n) is 4.08. The van der Waals surface area contributed by atoms with E-state index in [9.17, 15) is 23.5 Å². The molecule has 34 heavy (non-hydrogen) atoms. The van der Waals surface area contributed by atoms with Crippen molar-refractivity contribution in [3.63, 3.8) is 0 Å². The van der Waals surface area contributed by atoms with Crippen molar-refractivity contribution in [1.29, 1.82) is 0 Å². The molecule has 0 saturated carbocycles. The zero-order chi connectivity index (χ0) is 24.6. The molecule has 180 valence electrons. The monoisotopic (exact) mass is 473 g/mol. The van der Waals surface area contributed by atoms with Crippen molar-refractivity contribution in [2.24, 2.45) is 7.05 Å². The number of nitrogens with one attached hydrogen (secondary N) is 1. The number of carboxylic acid groups (broad SMARTS) is 1. The molecule has 0 radical (unpaired) electrons. The molecule has 0 bridgehead atoms. The van der Waals surface area contributed by atoms with Gasteiger partial charge < -0.3 is 20.1 Å². The van der Waals surface area contributed by atoms with Gasteiger partial charge in [-0.15, -0.1) is 0 Å². The lowest BCUT2D eigenvalue weighted by Crippen LogP contribution is -2.42. The first-order valence-corrected chi connectivity index (χ1v) is 10.8. The molecule has 1 aliphatic heterocycles. The second-order valence-electron chi connectivity index (χ2n) is 8.29. The minimum absolute atomic E-state index is 0.0670. The number of fused-ring (bicyclic) bond motifs is 1. The van der Waals surface area contributed by atoms with Crippen LogP contribution in [0.2, 0.25) is 0 Å². The Morgan fingerprint density at radius 1 is 1.21 bits per heavy atom. The molecular formula is C23H25F2N5O4. The van der Waals surface area contributed by atoms with E-state index in [0.29, 0.717) is 16.8 Å². The number of piperidine rings is 1. The fraction of sp³-hybridized carbons (Fsp3) is 0.391. The van der Waals surface area contributed by atoms with Crippen molar-refractivity contribution in [2.75, 3.05) is 30.4 Å². The minimum atomic E-state index is -2.73. The highest BCUT2D eigenvalue weighted by atomic mass is 19.3. The van der Waals surface area contributed by atoms with Crippen LogP contribution in [-0.2, 0) is 7.05 Å². The summed E-state index contributed by atoms with van der Waals surface area (Å²) < 4.78 is 34.0. The van der Waals surface area contributed by atoms with Gasteiger partial charge in [-0.2, -0.15) is 0 Å². The molecule has 1 atom stereocenters. The molecule has 4 rings (SSSR count). The van der Waals surface area contributed by atoms with Gasteiger partial charge in [0, 0.05) is 50.3 Å². The molecule has 0 amide bonds. The van der Waals surface area contributed by atoms with Crippen LogP contribution in [0.25, 0.3) is 11.0 Å². The average molecular weight is 473 g/mol. The Kier molecular flexibility index (Phi) is 6.11. The topological polar surface area (TPSA) is 110 Å². The summed E-state index contributed by atoms with van der Waals surface area (Å²) in [5.74, 6) is -3.34. The molecule has 0 aliphatic carbocycles. The number of ether oxygens (including phenoxy) is 1. The Bertz CT molecular complexity index is 1300. The van der Waals surface area contributed by atoms with E-state index >= 15 is 0 Å². The Morgan fingerprint density at radius 2 is 1.88 bits per heavy atom. The Morgan fingerprint density at radius 3 is 2.53 bits per heavy atom. The summed E-state index contributed by atoms with van der Waals surface area (Å²) in [5, 5.41) is 12.7. The summed E-state index contributed by atoms with van der Waals surface area (Å²) in [6.45, 7) is 1.93. The smallest absolute Gasteiger partial charge is 0.337 e. The summed E-state index contributed by atoms with van der Waals surface area (Å²) in [6.07, 6.45) is -0.642. The van der Waals surface area contributed by atoms with Crippen molar-refractivity contribution in [3.8, 4) is 5.88 Å². The lowest BCUT2D eigenvalue weighted by Gasteiger charge is -2.33. The number of alkyl halides is 2. The van der Waals surface area contributed by atoms with Crippen LogP contribution in [0.15, 0.2) is 35.1 Å². The van der Waals surface area contributed by atoms with Crippen molar-refractivity contribution in [1.82, 2.24) is 14.5 Å². The highest BCUT2D eigenvalue weighted by Gasteiger charge is 2.35. The Labute approximate surface area is 194 Å². The average Bonchev–Trinajstić information content (AvgIpc) is 2.81. The zero-order valence-electron chi connectivity index (χ0n) is 19.0. The number of carboxylic acids is 1. The number of benzene rings is 1. The van der Waals surface area contributed by atoms with E-state index in [1.807, 2.05) is 0 Å². The standard InChI is InChI=1S/C23H25F2N5O4/c1-13(26-16-7-5-4-6-14(16)21(32)33)15-12-17(34-3)27-19-18(15)28-22(29(2)20(19)31)30-10-8-23(24,25)9-11-30/h4-7,12-13,26H,8-11H2,1-3H3,(H,32,33). The van der Waals surface area contributed by atoms with E-state index in [0.717, 1.165) is 0 Å². The van der Waals surface area contributed by atoms with Gasteiger partial charge in [0.15, 0.2) is 5.52 Å². The number of aromatic carboxylic acids is 1. The minimum Gasteiger partial charge on any atom is -0.481 e. The maximum atomic E-state index is 13.7. The first-order valence-electron chi connectivity index (χ1n) is 10.8. The van der Waals surface area contributed by atoms with Gasteiger partial charge in [-0.1, -0.05) is 12.1 Å². The molecule has 9 nitrogen and oxygen atoms in total. The molecule has 1 fully saturated rings. The number of para-hydroxylation sites is 1. The molecule has 1 saturated heterocycles. The number of hydrogen-bond donors (Lipinski definition) is 2. The maximum absolute atomic E-state index is 13.7. The predicted octanol–water partition coefficient (Wildman–Crippen LogP) is 3.44. The number of aromatic nitrogens is 3.